The zero-order valence-corrected chi connectivity index (χ0v) is 11.6. The highest BCUT2D eigenvalue weighted by molar-refractivity contribution is 5.18. The minimum atomic E-state index is 0.531. The Morgan fingerprint density at radius 1 is 1.39 bits per heavy atom. The van der Waals surface area contributed by atoms with E-state index in [1.165, 1.54) is 31.2 Å². The number of nitrogens with zero attached hydrogens (tertiary/aromatic N) is 2. The summed E-state index contributed by atoms with van der Waals surface area (Å²) in [6.45, 7) is 3.24. The SMILES string of the molecule is CCCn1cc(C(NC)C2C3CCCCC32)cn1. The Bertz CT molecular complexity index is 386. The van der Waals surface area contributed by atoms with Crippen LogP contribution in [0.5, 0.6) is 0 Å². The Balaban J connectivity index is 1.71. The van der Waals surface area contributed by atoms with Crippen LogP contribution in [0.4, 0.5) is 0 Å². The fourth-order valence-electron chi connectivity index (χ4n) is 4.02. The number of aryl methyl sites for hydroxylation is 1. The van der Waals surface area contributed by atoms with E-state index >= 15 is 0 Å². The first-order valence-electron chi connectivity index (χ1n) is 7.54. The van der Waals surface area contributed by atoms with Gasteiger partial charge in [-0.1, -0.05) is 19.8 Å². The molecule has 2 aliphatic carbocycles. The summed E-state index contributed by atoms with van der Waals surface area (Å²) in [6, 6.07) is 0.531. The van der Waals surface area contributed by atoms with Crippen molar-refractivity contribution in [3.63, 3.8) is 0 Å². The number of hydrogen-bond donors (Lipinski definition) is 1. The molecule has 0 saturated heterocycles. The van der Waals surface area contributed by atoms with Crippen LogP contribution >= 0.6 is 0 Å². The van der Waals surface area contributed by atoms with Crippen molar-refractivity contribution in [3.05, 3.63) is 18.0 Å². The maximum absolute atomic E-state index is 4.48. The van der Waals surface area contributed by atoms with Crippen molar-refractivity contribution >= 4 is 0 Å². The second-order valence-electron chi connectivity index (χ2n) is 5.99. The Morgan fingerprint density at radius 2 is 2.11 bits per heavy atom. The molecule has 18 heavy (non-hydrogen) atoms. The maximum atomic E-state index is 4.48. The van der Waals surface area contributed by atoms with E-state index in [1.807, 2.05) is 0 Å². The number of rotatable bonds is 5. The first-order valence-corrected chi connectivity index (χ1v) is 7.54. The minimum Gasteiger partial charge on any atom is -0.313 e. The van der Waals surface area contributed by atoms with Gasteiger partial charge in [-0.3, -0.25) is 4.68 Å². The average molecular weight is 247 g/mol. The quantitative estimate of drug-likeness (QED) is 0.867. The van der Waals surface area contributed by atoms with E-state index in [-0.39, 0.29) is 0 Å². The summed E-state index contributed by atoms with van der Waals surface area (Å²) in [5.74, 6) is 2.85. The molecule has 1 heterocycles. The smallest absolute Gasteiger partial charge is 0.0537 e. The molecule has 2 aliphatic rings. The highest BCUT2D eigenvalue weighted by atomic mass is 15.3. The van der Waals surface area contributed by atoms with E-state index in [4.69, 9.17) is 0 Å². The number of aromatic nitrogens is 2. The molecule has 0 bridgehead atoms. The minimum absolute atomic E-state index is 0.531. The summed E-state index contributed by atoms with van der Waals surface area (Å²) in [5.41, 5.74) is 1.39. The molecule has 2 saturated carbocycles. The molecule has 3 unspecified atom stereocenters. The van der Waals surface area contributed by atoms with Gasteiger partial charge in [0.1, 0.15) is 0 Å². The summed E-state index contributed by atoms with van der Waals surface area (Å²) < 4.78 is 2.09. The third-order valence-corrected chi connectivity index (χ3v) is 4.88. The molecule has 1 N–H and O–H groups in total. The monoisotopic (exact) mass is 247 g/mol. The van der Waals surface area contributed by atoms with Crippen LogP contribution < -0.4 is 5.32 Å². The lowest BCUT2D eigenvalue weighted by molar-refractivity contribution is 0.480. The Hall–Kier alpha value is -0.830. The van der Waals surface area contributed by atoms with E-state index in [9.17, 15) is 0 Å². The Labute approximate surface area is 110 Å². The largest absolute Gasteiger partial charge is 0.313 e. The zero-order chi connectivity index (χ0) is 12.5. The van der Waals surface area contributed by atoms with Crippen molar-refractivity contribution in [3.8, 4) is 0 Å². The van der Waals surface area contributed by atoms with Crippen LogP contribution in [0.3, 0.4) is 0 Å². The molecule has 100 valence electrons. The molecule has 2 fully saturated rings. The zero-order valence-electron chi connectivity index (χ0n) is 11.6. The summed E-state index contributed by atoms with van der Waals surface area (Å²) in [6.07, 6.45) is 11.3. The molecule has 3 atom stereocenters. The van der Waals surface area contributed by atoms with Crippen LogP contribution in [0.25, 0.3) is 0 Å². The van der Waals surface area contributed by atoms with Crippen LogP contribution in [0.1, 0.15) is 50.6 Å². The third-order valence-electron chi connectivity index (χ3n) is 4.88. The molecular weight excluding hydrogens is 222 g/mol. The second kappa shape index (κ2) is 5.04. The first-order chi connectivity index (χ1) is 8.85. The number of nitrogens with one attached hydrogen (secondary N) is 1. The molecular formula is C15H25N3. The van der Waals surface area contributed by atoms with Gasteiger partial charge in [-0.25, -0.2) is 0 Å². The molecule has 0 aromatic carbocycles. The van der Waals surface area contributed by atoms with Crippen molar-refractivity contribution in [1.29, 1.82) is 0 Å². The van der Waals surface area contributed by atoms with Gasteiger partial charge in [-0.2, -0.15) is 5.10 Å². The molecule has 3 heteroatoms. The van der Waals surface area contributed by atoms with Gasteiger partial charge in [0, 0.05) is 24.3 Å². The van der Waals surface area contributed by atoms with E-state index < -0.39 is 0 Å². The maximum Gasteiger partial charge on any atom is 0.0537 e. The highest BCUT2D eigenvalue weighted by Crippen LogP contribution is 2.60. The summed E-state index contributed by atoms with van der Waals surface area (Å²) in [4.78, 5) is 0. The number of fused-ring (bicyclic) bond motifs is 1. The molecule has 3 rings (SSSR count). The fourth-order valence-corrected chi connectivity index (χ4v) is 4.02. The van der Waals surface area contributed by atoms with Gasteiger partial charge < -0.3 is 5.32 Å². The highest BCUT2D eigenvalue weighted by Gasteiger charge is 2.54. The summed E-state index contributed by atoms with van der Waals surface area (Å²) in [5, 5.41) is 8.02. The lowest BCUT2D eigenvalue weighted by Crippen LogP contribution is -2.19. The topological polar surface area (TPSA) is 29.9 Å². The van der Waals surface area contributed by atoms with Crippen LogP contribution in [0.15, 0.2) is 12.4 Å². The van der Waals surface area contributed by atoms with E-state index in [2.05, 4.69) is 41.5 Å². The van der Waals surface area contributed by atoms with E-state index in [0.29, 0.717) is 6.04 Å². The van der Waals surface area contributed by atoms with E-state index in [0.717, 1.165) is 30.7 Å². The van der Waals surface area contributed by atoms with E-state index in [1.54, 1.807) is 0 Å². The average Bonchev–Trinajstić information content (AvgIpc) is 2.92. The van der Waals surface area contributed by atoms with Gasteiger partial charge in [0.25, 0.3) is 0 Å². The molecule has 0 radical (unpaired) electrons. The molecule has 1 aromatic rings. The standard InChI is InChI=1S/C15H25N3/c1-3-8-18-10-11(9-17-18)15(16-2)14-12-6-4-5-7-13(12)14/h9-10,12-16H,3-8H2,1-2H3. The lowest BCUT2D eigenvalue weighted by Gasteiger charge is -2.14. The van der Waals surface area contributed by atoms with Gasteiger partial charge in [-0.15, -0.1) is 0 Å². The van der Waals surface area contributed by atoms with Gasteiger partial charge in [0.2, 0.25) is 0 Å². The predicted octanol–water partition coefficient (Wildman–Crippen LogP) is 2.99. The van der Waals surface area contributed by atoms with Crippen LogP contribution in [-0.4, -0.2) is 16.8 Å². The van der Waals surface area contributed by atoms with Gasteiger partial charge in [-0.05, 0) is 44.1 Å². The van der Waals surface area contributed by atoms with Crippen LogP contribution in [0.2, 0.25) is 0 Å². The normalized spacial score (nSPS) is 32.0. The Kier molecular flexibility index (Phi) is 3.42. The van der Waals surface area contributed by atoms with Gasteiger partial charge >= 0.3 is 0 Å². The predicted molar refractivity (Wildman–Crippen MR) is 73.3 cm³/mol. The molecule has 3 nitrogen and oxygen atoms in total. The van der Waals surface area contributed by atoms with Crippen molar-refractivity contribution < 1.29 is 0 Å². The molecule has 0 amide bonds. The molecule has 0 aliphatic heterocycles. The van der Waals surface area contributed by atoms with Gasteiger partial charge in [0.05, 0.1) is 6.20 Å². The summed E-state index contributed by atoms with van der Waals surface area (Å²) >= 11 is 0. The summed E-state index contributed by atoms with van der Waals surface area (Å²) in [7, 11) is 2.10. The van der Waals surface area contributed by atoms with Crippen molar-refractivity contribution in [1.82, 2.24) is 15.1 Å². The van der Waals surface area contributed by atoms with Crippen molar-refractivity contribution in [2.75, 3.05) is 7.05 Å². The molecule has 0 spiro atoms. The lowest BCUT2D eigenvalue weighted by atomic mass is 10.0. The fraction of sp³-hybridized carbons (Fsp3) is 0.800. The van der Waals surface area contributed by atoms with Crippen molar-refractivity contribution in [2.24, 2.45) is 17.8 Å². The van der Waals surface area contributed by atoms with Gasteiger partial charge in [0.15, 0.2) is 0 Å². The molecule has 1 aromatic heterocycles. The second-order valence-corrected chi connectivity index (χ2v) is 5.99. The number of hydrogen-bond acceptors (Lipinski definition) is 2. The first kappa shape index (κ1) is 12.2. The van der Waals surface area contributed by atoms with Crippen LogP contribution in [-0.2, 0) is 6.54 Å². The van der Waals surface area contributed by atoms with Crippen LogP contribution in [0, 0.1) is 17.8 Å². The Morgan fingerprint density at radius 3 is 2.72 bits per heavy atom. The third kappa shape index (κ3) is 2.09. The van der Waals surface area contributed by atoms with Crippen molar-refractivity contribution in [2.45, 2.75) is 51.6 Å².